The van der Waals surface area contributed by atoms with E-state index in [1.54, 1.807) is 0 Å². The van der Waals surface area contributed by atoms with Crippen molar-refractivity contribution in [3.05, 3.63) is 58.3 Å². The highest BCUT2D eigenvalue weighted by Crippen LogP contribution is 2.26. The van der Waals surface area contributed by atoms with E-state index in [0.717, 1.165) is 26.9 Å². The van der Waals surface area contributed by atoms with E-state index < -0.39 is 0 Å². The minimum atomic E-state index is 0.452. The summed E-state index contributed by atoms with van der Waals surface area (Å²) < 4.78 is 8.77. The summed E-state index contributed by atoms with van der Waals surface area (Å²) in [5, 5.41) is 0. The van der Waals surface area contributed by atoms with Crippen LogP contribution >= 0.6 is 15.9 Å². The third-order valence-corrected chi connectivity index (χ3v) is 3.83. The van der Waals surface area contributed by atoms with Crippen LogP contribution in [-0.4, -0.2) is 9.55 Å². The van der Waals surface area contributed by atoms with Crippen LogP contribution in [-0.2, 0) is 18.1 Å². The Morgan fingerprint density at radius 1 is 1.24 bits per heavy atom. The first kappa shape index (κ1) is 14.1. The van der Waals surface area contributed by atoms with Crippen LogP contribution in [0, 0.1) is 6.92 Å². The molecular weight excluding hydrogens is 330 g/mol. The molecule has 0 saturated heterocycles. The van der Waals surface area contributed by atoms with Crippen LogP contribution in [0.1, 0.15) is 11.4 Å². The Bertz CT molecular complexity index is 768. The molecule has 2 N–H and O–H groups in total. The molecule has 2 aromatic carbocycles. The van der Waals surface area contributed by atoms with E-state index in [2.05, 4.69) is 20.9 Å². The lowest BCUT2D eigenvalue weighted by atomic mass is 10.2. The van der Waals surface area contributed by atoms with Gasteiger partial charge in [0.25, 0.3) is 0 Å². The molecule has 108 valence electrons. The Balaban J connectivity index is 1.82. The summed E-state index contributed by atoms with van der Waals surface area (Å²) in [6.07, 6.45) is 0. The normalized spacial score (nSPS) is 11.1. The fourth-order valence-electron chi connectivity index (χ4n) is 2.32. The monoisotopic (exact) mass is 345 g/mol. The number of halogens is 1. The molecule has 0 atom stereocenters. The lowest BCUT2D eigenvalue weighted by Gasteiger charge is -2.09. The van der Waals surface area contributed by atoms with Crippen LogP contribution in [0.5, 0.6) is 0 Å². The second-order valence-electron chi connectivity index (χ2n) is 4.91. The van der Waals surface area contributed by atoms with Gasteiger partial charge in [-0.25, -0.2) is 4.98 Å². The van der Waals surface area contributed by atoms with E-state index >= 15 is 0 Å². The Hall–Kier alpha value is -1.85. The molecule has 3 aromatic rings. The smallest absolute Gasteiger partial charge is 0.125 e. The number of nitrogens with zero attached hydrogens (tertiary/aromatic N) is 2. The van der Waals surface area contributed by atoms with Gasteiger partial charge in [-0.15, -0.1) is 0 Å². The van der Waals surface area contributed by atoms with Crippen molar-refractivity contribution in [1.29, 1.82) is 0 Å². The Morgan fingerprint density at radius 3 is 2.76 bits per heavy atom. The molecule has 4 nitrogen and oxygen atoms in total. The van der Waals surface area contributed by atoms with E-state index in [4.69, 9.17) is 10.5 Å². The predicted octanol–water partition coefficient (Wildman–Crippen LogP) is 3.86. The van der Waals surface area contributed by atoms with Crippen LogP contribution in [0.15, 0.2) is 46.9 Å². The van der Waals surface area contributed by atoms with Gasteiger partial charge in [-0.2, -0.15) is 0 Å². The van der Waals surface area contributed by atoms with Crippen molar-refractivity contribution < 1.29 is 4.74 Å². The van der Waals surface area contributed by atoms with Crippen LogP contribution in [0.2, 0.25) is 0 Å². The lowest BCUT2D eigenvalue weighted by molar-refractivity contribution is 0.0652. The van der Waals surface area contributed by atoms with Gasteiger partial charge in [0.15, 0.2) is 0 Å². The molecule has 0 spiro atoms. The number of rotatable bonds is 4. The third-order valence-electron chi connectivity index (χ3n) is 3.37. The molecule has 0 fully saturated rings. The second kappa shape index (κ2) is 5.87. The van der Waals surface area contributed by atoms with Gasteiger partial charge in [0.2, 0.25) is 0 Å². The fourth-order valence-corrected chi connectivity index (χ4v) is 2.78. The van der Waals surface area contributed by atoms with Crippen molar-refractivity contribution in [3.63, 3.8) is 0 Å². The van der Waals surface area contributed by atoms with Crippen molar-refractivity contribution in [2.75, 3.05) is 5.73 Å². The average molecular weight is 346 g/mol. The molecule has 1 aromatic heterocycles. The van der Waals surface area contributed by atoms with E-state index in [0.29, 0.717) is 19.0 Å². The topological polar surface area (TPSA) is 53.1 Å². The van der Waals surface area contributed by atoms with Gasteiger partial charge in [-0.3, -0.25) is 0 Å². The second-order valence-corrected chi connectivity index (χ2v) is 5.83. The number of anilines is 1. The minimum Gasteiger partial charge on any atom is -0.397 e. The summed E-state index contributed by atoms with van der Waals surface area (Å²) in [5.41, 5.74) is 9.63. The molecule has 0 bridgehead atoms. The number of nitrogen functional groups attached to an aromatic ring is 1. The Kier molecular flexibility index (Phi) is 3.94. The zero-order valence-corrected chi connectivity index (χ0v) is 13.3. The van der Waals surface area contributed by atoms with Crippen LogP contribution < -0.4 is 5.73 Å². The van der Waals surface area contributed by atoms with Crippen molar-refractivity contribution in [2.24, 2.45) is 0 Å². The number of aryl methyl sites for hydroxylation is 1. The lowest BCUT2D eigenvalue weighted by Crippen LogP contribution is -2.04. The molecule has 0 amide bonds. The highest BCUT2D eigenvalue weighted by atomic mass is 79.9. The maximum atomic E-state index is 6.01. The van der Waals surface area contributed by atoms with Gasteiger partial charge >= 0.3 is 0 Å². The Morgan fingerprint density at radius 2 is 2.00 bits per heavy atom. The molecule has 1 heterocycles. The number of aromatic nitrogens is 2. The molecule has 5 heteroatoms. The average Bonchev–Trinajstić information content (AvgIpc) is 2.77. The summed E-state index contributed by atoms with van der Waals surface area (Å²) in [6, 6.07) is 14.0. The van der Waals surface area contributed by atoms with E-state index in [9.17, 15) is 0 Å². The molecule has 0 aliphatic heterocycles. The number of nitrogens with two attached hydrogens (primary N) is 1. The van der Waals surface area contributed by atoms with E-state index in [1.807, 2.05) is 54.0 Å². The van der Waals surface area contributed by atoms with Crippen LogP contribution in [0.4, 0.5) is 5.69 Å². The van der Waals surface area contributed by atoms with Gasteiger partial charge in [0.1, 0.15) is 18.1 Å². The van der Waals surface area contributed by atoms with Crippen molar-refractivity contribution >= 4 is 32.7 Å². The summed E-state index contributed by atoms with van der Waals surface area (Å²) in [5.74, 6) is 0.892. The molecule has 0 saturated carbocycles. The minimum absolute atomic E-state index is 0.452. The first-order valence-corrected chi connectivity index (χ1v) is 7.48. The van der Waals surface area contributed by atoms with Gasteiger partial charge in [0.05, 0.1) is 17.8 Å². The zero-order chi connectivity index (χ0) is 14.8. The quantitative estimate of drug-likeness (QED) is 0.730. The number of imidazole rings is 1. The first-order valence-electron chi connectivity index (χ1n) is 6.68. The number of hydrogen-bond donors (Lipinski definition) is 1. The third kappa shape index (κ3) is 2.94. The molecule has 0 unspecified atom stereocenters. The number of fused-ring (bicyclic) bond motifs is 1. The summed E-state index contributed by atoms with van der Waals surface area (Å²) >= 11 is 3.47. The predicted molar refractivity (Wildman–Crippen MR) is 87.8 cm³/mol. The van der Waals surface area contributed by atoms with Gasteiger partial charge < -0.3 is 15.0 Å². The molecule has 21 heavy (non-hydrogen) atoms. The molecular formula is C16H16BrN3O. The fraction of sp³-hybridized carbons (Fsp3) is 0.188. The Labute approximate surface area is 131 Å². The summed E-state index contributed by atoms with van der Waals surface area (Å²) in [7, 11) is 0. The zero-order valence-electron chi connectivity index (χ0n) is 11.7. The van der Waals surface area contributed by atoms with Gasteiger partial charge in [-0.1, -0.05) is 46.3 Å². The van der Waals surface area contributed by atoms with Crippen molar-refractivity contribution in [1.82, 2.24) is 9.55 Å². The molecule has 0 aliphatic rings. The van der Waals surface area contributed by atoms with Crippen molar-refractivity contribution in [3.8, 4) is 0 Å². The summed E-state index contributed by atoms with van der Waals surface area (Å²) in [6.45, 7) is 2.98. The maximum absolute atomic E-state index is 6.01. The largest absolute Gasteiger partial charge is 0.397 e. The maximum Gasteiger partial charge on any atom is 0.125 e. The van der Waals surface area contributed by atoms with E-state index in [1.165, 1.54) is 0 Å². The molecule has 0 aliphatic carbocycles. The van der Waals surface area contributed by atoms with Gasteiger partial charge in [-0.05, 0) is 24.6 Å². The first-order chi connectivity index (χ1) is 10.1. The van der Waals surface area contributed by atoms with Crippen LogP contribution in [0.3, 0.4) is 0 Å². The highest BCUT2D eigenvalue weighted by molar-refractivity contribution is 9.10. The standard InChI is InChI=1S/C16H16BrN3O/c1-11-19-16-14(18)7-13(17)8-15(16)20(11)10-21-9-12-5-3-2-4-6-12/h2-8H,9-10,18H2,1H3. The molecule has 0 radical (unpaired) electrons. The van der Waals surface area contributed by atoms with Crippen molar-refractivity contribution in [2.45, 2.75) is 20.3 Å². The van der Waals surface area contributed by atoms with E-state index in [-0.39, 0.29) is 0 Å². The number of hydrogen-bond acceptors (Lipinski definition) is 3. The highest BCUT2D eigenvalue weighted by Gasteiger charge is 2.11. The SMILES string of the molecule is Cc1nc2c(N)cc(Br)cc2n1COCc1ccccc1. The summed E-state index contributed by atoms with van der Waals surface area (Å²) in [4.78, 5) is 4.52. The number of ether oxygens (including phenoxy) is 1. The van der Waals surface area contributed by atoms with Gasteiger partial charge in [0, 0.05) is 4.47 Å². The molecule has 3 rings (SSSR count). The number of benzene rings is 2. The van der Waals surface area contributed by atoms with Crippen LogP contribution in [0.25, 0.3) is 11.0 Å².